The van der Waals surface area contributed by atoms with Crippen LogP contribution in [0.1, 0.15) is 38.5 Å². The van der Waals surface area contributed by atoms with Crippen molar-refractivity contribution in [2.45, 2.75) is 50.6 Å². The Morgan fingerprint density at radius 2 is 1.84 bits per heavy atom. The van der Waals surface area contributed by atoms with Gasteiger partial charge in [-0.15, -0.1) is 0 Å². The van der Waals surface area contributed by atoms with E-state index in [1.165, 1.54) is 6.33 Å². The quantitative estimate of drug-likeness (QED) is 0.892. The van der Waals surface area contributed by atoms with Crippen LogP contribution in [-0.4, -0.2) is 28.0 Å². The molecule has 1 aromatic carbocycles. The number of anilines is 1. The molecule has 1 heterocycles. The fourth-order valence-corrected chi connectivity index (χ4v) is 3.47. The van der Waals surface area contributed by atoms with Gasteiger partial charge < -0.3 is 10.6 Å². The van der Waals surface area contributed by atoms with E-state index in [9.17, 15) is 13.6 Å². The number of carbonyl (C=O) groups excluding carboxylic acids is 1. The van der Waals surface area contributed by atoms with Gasteiger partial charge in [0.15, 0.2) is 11.6 Å². The summed E-state index contributed by atoms with van der Waals surface area (Å²) in [6, 6.07) is 2.64. The van der Waals surface area contributed by atoms with Crippen LogP contribution in [0.4, 0.5) is 14.6 Å². The summed E-state index contributed by atoms with van der Waals surface area (Å²) in [6.45, 7) is 0. The number of aromatic nitrogens is 2. The van der Waals surface area contributed by atoms with Crippen molar-refractivity contribution in [1.29, 1.82) is 0 Å². The number of carbonyl (C=O) groups is 1. The van der Waals surface area contributed by atoms with Crippen molar-refractivity contribution in [3.05, 3.63) is 30.1 Å². The minimum Gasteiger partial charge on any atom is -0.367 e. The van der Waals surface area contributed by atoms with Gasteiger partial charge in [-0.3, -0.25) is 4.79 Å². The molecule has 25 heavy (non-hydrogen) atoms. The number of benzene rings is 1. The summed E-state index contributed by atoms with van der Waals surface area (Å²) in [6.07, 6.45) is 6.97. The van der Waals surface area contributed by atoms with E-state index in [4.69, 9.17) is 0 Å². The Morgan fingerprint density at radius 3 is 2.64 bits per heavy atom. The van der Waals surface area contributed by atoms with E-state index in [1.54, 1.807) is 0 Å². The highest BCUT2D eigenvalue weighted by molar-refractivity contribution is 5.89. The third kappa shape index (κ3) is 3.55. The zero-order chi connectivity index (χ0) is 17.4. The molecule has 2 N–H and O–H groups in total. The highest BCUT2D eigenvalue weighted by atomic mass is 19.2. The molecule has 2 aromatic rings. The van der Waals surface area contributed by atoms with E-state index in [0.717, 1.165) is 44.2 Å². The lowest BCUT2D eigenvalue weighted by molar-refractivity contribution is -0.126. The van der Waals surface area contributed by atoms with Crippen LogP contribution in [0.3, 0.4) is 0 Å². The number of rotatable bonds is 4. The first-order valence-electron chi connectivity index (χ1n) is 8.77. The summed E-state index contributed by atoms with van der Waals surface area (Å²) in [5.41, 5.74) is 0.357. The van der Waals surface area contributed by atoms with E-state index in [-0.39, 0.29) is 17.9 Å². The van der Waals surface area contributed by atoms with Gasteiger partial charge in [0.1, 0.15) is 12.1 Å². The Hall–Kier alpha value is -2.31. The van der Waals surface area contributed by atoms with Crippen molar-refractivity contribution in [3.63, 3.8) is 0 Å². The molecule has 1 amide bonds. The highest BCUT2D eigenvalue weighted by Gasteiger charge is 2.31. The molecule has 132 valence electrons. The molecule has 0 aliphatic heterocycles. The topological polar surface area (TPSA) is 66.9 Å². The Kier molecular flexibility index (Phi) is 4.23. The van der Waals surface area contributed by atoms with Crippen molar-refractivity contribution in [1.82, 2.24) is 15.3 Å². The Labute approximate surface area is 144 Å². The lowest BCUT2D eigenvalue weighted by atomic mass is 9.85. The number of hydrogen-bond acceptors (Lipinski definition) is 4. The fourth-order valence-electron chi connectivity index (χ4n) is 3.47. The SMILES string of the molecule is O=C(NC1CC1)[C@H]1CCC[C@@H](Nc2ncnc3cc(F)c(F)cc23)C1. The number of fused-ring (bicyclic) bond motifs is 1. The number of nitrogens with zero attached hydrogens (tertiary/aromatic N) is 2. The van der Waals surface area contributed by atoms with Crippen molar-refractivity contribution in [2.75, 3.05) is 5.32 Å². The smallest absolute Gasteiger partial charge is 0.223 e. The molecule has 4 rings (SSSR count). The molecule has 0 saturated heterocycles. The summed E-state index contributed by atoms with van der Waals surface area (Å²) in [4.78, 5) is 20.5. The van der Waals surface area contributed by atoms with E-state index < -0.39 is 11.6 Å². The largest absolute Gasteiger partial charge is 0.367 e. The first-order chi connectivity index (χ1) is 12.1. The van der Waals surface area contributed by atoms with Gasteiger partial charge in [0.25, 0.3) is 0 Å². The average molecular weight is 346 g/mol. The highest BCUT2D eigenvalue weighted by Crippen LogP contribution is 2.30. The molecule has 2 saturated carbocycles. The predicted molar refractivity (Wildman–Crippen MR) is 90.0 cm³/mol. The molecule has 2 atom stereocenters. The van der Waals surface area contributed by atoms with Crippen LogP contribution in [-0.2, 0) is 4.79 Å². The second kappa shape index (κ2) is 6.54. The molecular weight excluding hydrogens is 326 g/mol. The standard InChI is InChI=1S/C18H20F2N4O/c19-14-7-13-16(8-15(14)20)21-9-22-17(13)23-12-3-1-2-10(6-12)18(25)24-11-4-5-11/h7-12H,1-6H2,(H,24,25)(H,21,22,23)/t10-,12+/m0/s1. The molecule has 2 aliphatic carbocycles. The van der Waals surface area contributed by atoms with Gasteiger partial charge in [-0.25, -0.2) is 18.7 Å². The second-order valence-corrected chi connectivity index (χ2v) is 6.99. The zero-order valence-electron chi connectivity index (χ0n) is 13.8. The summed E-state index contributed by atoms with van der Waals surface area (Å²) in [7, 11) is 0. The number of halogens is 2. The lowest BCUT2D eigenvalue weighted by Crippen LogP contribution is -2.38. The maximum atomic E-state index is 13.6. The predicted octanol–water partition coefficient (Wildman–Crippen LogP) is 3.16. The summed E-state index contributed by atoms with van der Waals surface area (Å²) in [5.74, 6) is -1.23. The summed E-state index contributed by atoms with van der Waals surface area (Å²) in [5, 5.41) is 6.82. The molecule has 0 bridgehead atoms. The molecule has 0 radical (unpaired) electrons. The van der Waals surface area contributed by atoms with Crippen LogP contribution < -0.4 is 10.6 Å². The first kappa shape index (κ1) is 16.2. The number of hydrogen-bond donors (Lipinski definition) is 2. The van der Waals surface area contributed by atoms with Gasteiger partial charge in [0.2, 0.25) is 5.91 Å². The van der Waals surface area contributed by atoms with Gasteiger partial charge in [-0.2, -0.15) is 0 Å². The van der Waals surface area contributed by atoms with Crippen LogP contribution >= 0.6 is 0 Å². The van der Waals surface area contributed by atoms with Gasteiger partial charge in [-0.05, 0) is 38.2 Å². The number of nitrogens with one attached hydrogen (secondary N) is 2. The van der Waals surface area contributed by atoms with Crippen LogP contribution in [0.25, 0.3) is 10.9 Å². The van der Waals surface area contributed by atoms with Gasteiger partial charge >= 0.3 is 0 Å². The Morgan fingerprint density at radius 1 is 1.04 bits per heavy atom. The van der Waals surface area contributed by atoms with Crippen LogP contribution in [0, 0.1) is 17.6 Å². The fraction of sp³-hybridized carbons (Fsp3) is 0.500. The molecule has 2 aliphatic rings. The molecule has 0 spiro atoms. The Balaban J connectivity index is 1.50. The van der Waals surface area contributed by atoms with E-state index in [0.29, 0.717) is 29.2 Å². The van der Waals surface area contributed by atoms with Crippen molar-refractivity contribution >= 4 is 22.6 Å². The summed E-state index contributed by atoms with van der Waals surface area (Å²) >= 11 is 0. The molecule has 7 heteroatoms. The third-order valence-corrected chi connectivity index (χ3v) is 4.99. The van der Waals surface area contributed by atoms with Gasteiger partial charge in [0, 0.05) is 29.5 Å². The molecule has 1 aromatic heterocycles. The second-order valence-electron chi connectivity index (χ2n) is 6.99. The van der Waals surface area contributed by atoms with Crippen molar-refractivity contribution in [3.8, 4) is 0 Å². The molecular formula is C18H20F2N4O. The van der Waals surface area contributed by atoms with Gasteiger partial charge in [-0.1, -0.05) is 6.42 Å². The third-order valence-electron chi connectivity index (χ3n) is 4.99. The summed E-state index contributed by atoms with van der Waals surface area (Å²) < 4.78 is 27.0. The average Bonchev–Trinajstić information content (AvgIpc) is 3.41. The maximum absolute atomic E-state index is 13.6. The molecule has 0 unspecified atom stereocenters. The van der Waals surface area contributed by atoms with Gasteiger partial charge in [0.05, 0.1) is 5.52 Å². The van der Waals surface area contributed by atoms with Crippen molar-refractivity contribution < 1.29 is 13.6 Å². The number of amides is 1. The van der Waals surface area contributed by atoms with E-state index in [2.05, 4.69) is 20.6 Å². The first-order valence-corrected chi connectivity index (χ1v) is 8.77. The maximum Gasteiger partial charge on any atom is 0.223 e. The molecule has 5 nitrogen and oxygen atoms in total. The molecule has 2 fully saturated rings. The van der Waals surface area contributed by atoms with E-state index >= 15 is 0 Å². The van der Waals surface area contributed by atoms with Crippen LogP contribution in [0.5, 0.6) is 0 Å². The Bertz CT molecular complexity index is 809. The van der Waals surface area contributed by atoms with Crippen LogP contribution in [0.2, 0.25) is 0 Å². The monoisotopic (exact) mass is 346 g/mol. The minimum atomic E-state index is -0.924. The zero-order valence-corrected chi connectivity index (χ0v) is 13.8. The van der Waals surface area contributed by atoms with Crippen molar-refractivity contribution in [2.24, 2.45) is 5.92 Å². The van der Waals surface area contributed by atoms with E-state index in [1.807, 2.05) is 0 Å². The van der Waals surface area contributed by atoms with Crippen LogP contribution in [0.15, 0.2) is 18.5 Å². The lowest BCUT2D eigenvalue weighted by Gasteiger charge is -2.29. The minimum absolute atomic E-state index is 0.00543. The normalized spacial score (nSPS) is 23.4.